The summed E-state index contributed by atoms with van der Waals surface area (Å²) in [5, 5.41) is 63.8. The molecule has 2 atom stereocenters. The Morgan fingerprint density at radius 2 is 0.988 bits per heavy atom. The van der Waals surface area contributed by atoms with Gasteiger partial charge in [-0.25, -0.2) is 0 Å². The Morgan fingerprint density at radius 1 is 0.537 bits per heavy atom. The summed E-state index contributed by atoms with van der Waals surface area (Å²) in [4.78, 5) is 77.3. The highest BCUT2D eigenvalue weighted by Crippen LogP contribution is 2.36. The van der Waals surface area contributed by atoms with Crippen LogP contribution in [0.5, 0.6) is 46.0 Å². The van der Waals surface area contributed by atoms with Gasteiger partial charge >= 0.3 is 0 Å². The zero-order valence-electron chi connectivity index (χ0n) is 44.1. The van der Waals surface area contributed by atoms with Gasteiger partial charge in [0.05, 0.1) is 73.4 Å². The number of aliphatic hydroxyl groups is 4. The van der Waals surface area contributed by atoms with Crippen LogP contribution in [0, 0.1) is 14.3 Å². The van der Waals surface area contributed by atoms with E-state index in [1.165, 1.54) is 26.8 Å². The average Bonchev–Trinajstić information content (AvgIpc) is 3.93. The summed E-state index contributed by atoms with van der Waals surface area (Å²) in [7, 11) is 0. The van der Waals surface area contributed by atoms with Crippen LogP contribution >= 0.6 is 90.4 Å². The lowest BCUT2D eigenvalue weighted by Gasteiger charge is -2.27. The molecule has 0 bridgehead atoms. The number of nitrogens with one attached hydrogen (secondary N) is 2. The third kappa shape index (κ3) is 22.3. The molecular weight excluding hydrogens is 1520 g/mol. The molecule has 1 aliphatic rings. The van der Waals surface area contributed by atoms with Crippen molar-refractivity contribution in [1.82, 2.24) is 25.3 Å². The molecule has 0 saturated carbocycles. The van der Waals surface area contributed by atoms with Gasteiger partial charge in [-0.3, -0.25) is 28.8 Å². The predicted octanol–water partition coefficient (Wildman–Crippen LogP) is 3.49. The van der Waals surface area contributed by atoms with Crippen LogP contribution in [-0.2, 0) is 48.2 Å². The highest BCUT2D eigenvalue weighted by Gasteiger charge is 2.25. The molecule has 1 heterocycles. The van der Waals surface area contributed by atoms with Crippen LogP contribution in [-0.4, -0.2) is 172 Å². The van der Waals surface area contributed by atoms with E-state index in [0.29, 0.717) is 52.9 Å². The van der Waals surface area contributed by atoms with Crippen LogP contribution in [0.4, 0.5) is 0 Å². The maximum absolute atomic E-state index is 13.3. The number of nitrogens with zero attached hydrogens (tertiary/aromatic N) is 3. The molecular formula is C55H63I4N7O16. The third-order valence-corrected chi connectivity index (χ3v) is 15.2. The number of phenolic OH excluding ortho intramolecular Hbond substituents is 2. The molecule has 5 amide bonds. The van der Waals surface area contributed by atoms with Gasteiger partial charge in [0.25, 0.3) is 0 Å². The number of rotatable bonds is 31. The van der Waals surface area contributed by atoms with E-state index >= 15 is 0 Å². The van der Waals surface area contributed by atoms with Crippen molar-refractivity contribution in [1.29, 1.82) is 0 Å². The van der Waals surface area contributed by atoms with Gasteiger partial charge in [-0.1, -0.05) is 6.07 Å². The molecule has 0 fully saturated rings. The lowest BCUT2D eigenvalue weighted by Crippen LogP contribution is -2.49. The summed E-state index contributed by atoms with van der Waals surface area (Å²) in [5.41, 5.74) is 13.0. The first-order chi connectivity index (χ1) is 39.2. The number of amides is 5. The largest absolute Gasteiger partial charge is 0.508 e. The smallest absolute Gasteiger partial charge is 0.242 e. The van der Waals surface area contributed by atoms with Crippen LogP contribution in [0.25, 0.3) is 0 Å². The van der Waals surface area contributed by atoms with Gasteiger partial charge < -0.3 is 86.4 Å². The molecule has 1 aliphatic heterocycles. The SMILES string of the molecule is NC(=O)CCC(=O)CN(CCO)C(=O)CN[C@H](CO)Cc1cc(I)c(Oc2ccc(O)cc2)c(I)c1.NC(=O)CN(Cc1ccc2c(c1)OCO2)C(=O)CN(CCO)C(=O)CN[C@H](CO)Cc1cc(I)c(Oc2ccc(O)cc2)c(I)c1. The molecule has 0 radical (unpaired) electrons. The van der Waals surface area contributed by atoms with Gasteiger partial charge in [-0.15, -0.1) is 0 Å². The van der Waals surface area contributed by atoms with Crippen LogP contribution in [0.3, 0.4) is 0 Å². The number of hydrogen-bond donors (Lipinski definition) is 10. The lowest BCUT2D eigenvalue weighted by atomic mass is 10.1. The number of phenols is 2. The number of carbonyl (C=O) groups is 6. The molecule has 0 unspecified atom stereocenters. The number of ether oxygens (including phenoxy) is 4. The Morgan fingerprint density at radius 3 is 1.41 bits per heavy atom. The van der Waals surface area contributed by atoms with Gasteiger partial charge in [0.15, 0.2) is 28.8 Å². The van der Waals surface area contributed by atoms with Gasteiger partial charge in [0.2, 0.25) is 36.3 Å². The zero-order chi connectivity index (χ0) is 59.9. The van der Waals surface area contributed by atoms with Gasteiger partial charge in [-0.05, 0) is 205 Å². The monoisotopic (exact) mass is 1590 g/mol. The molecule has 0 aliphatic carbocycles. The number of nitrogens with two attached hydrogens (primary N) is 2. The second-order valence-corrected chi connectivity index (χ2v) is 23.0. The fourth-order valence-corrected chi connectivity index (χ4v) is 12.1. The van der Waals surface area contributed by atoms with E-state index in [1.807, 2.05) is 24.3 Å². The zero-order valence-corrected chi connectivity index (χ0v) is 52.7. The number of benzene rings is 5. The summed E-state index contributed by atoms with van der Waals surface area (Å²) in [6.45, 7) is -2.48. The number of Topliss-reactive ketones (excluding diaryl/α,β-unsaturated/α-hetero) is 1. The Balaban J connectivity index is 0.000000310. The minimum Gasteiger partial charge on any atom is -0.508 e. The summed E-state index contributed by atoms with van der Waals surface area (Å²) in [5.74, 6) is 0.842. The summed E-state index contributed by atoms with van der Waals surface area (Å²) in [6, 6.07) is 24.8. The number of halogens is 4. The van der Waals surface area contributed by atoms with E-state index in [0.717, 1.165) is 25.4 Å². The molecule has 6 rings (SSSR count). The minimum atomic E-state index is -0.717. The molecule has 0 saturated heterocycles. The maximum atomic E-state index is 13.3. The van der Waals surface area contributed by atoms with Crippen molar-refractivity contribution >= 4 is 126 Å². The minimum absolute atomic E-state index is 0.0223. The Kier molecular flexibility index (Phi) is 28.3. The molecule has 442 valence electrons. The van der Waals surface area contributed by atoms with Crippen LogP contribution in [0.2, 0.25) is 0 Å². The average molecular weight is 1590 g/mol. The summed E-state index contributed by atoms with van der Waals surface area (Å²) >= 11 is 8.67. The fraction of sp³-hybridized carbons (Fsp3) is 0.345. The van der Waals surface area contributed by atoms with Gasteiger partial charge in [0.1, 0.15) is 23.0 Å². The third-order valence-electron chi connectivity index (χ3n) is 12.0. The summed E-state index contributed by atoms with van der Waals surface area (Å²) in [6.07, 6.45) is 0.672. The Hall–Kier alpha value is -5.40. The number of aliphatic hydroxyl groups excluding tert-OH is 4. The van der Waals surface area contributed by atoms with E-state index in [2.05, 4.69) is 101 Å². The van der Waals surface area contributed by atoms with Crippen LogP contribution < -0.4 is 41.0 Å². The second-order valence-electron chi connectivity index (χ2n) is 18.4. The highest BCUT2D eigenvalue weighted by atomic mass is 127. The van der Waals surface area contributed by atoms with Crippen molar-refractivity contribution in [2.45, 2.75) is 44.3 Å². The number of hydrogen-bond acceptors (Lipinski definition) is 18. The number of primary amides is 2. The first-order valence-electron chi connectivity index (χ1n) is 25.3. The van der Waals surface area contributed by atoms with Crippen LogP contribution in [0.15, 0.2) is 91.0 Å². The van der Waals surface area contributed by atoms with E-state index in [1.54, 1.807) is 54.6 Å². The predicted molar refractivity (Wildman–Crippen MR) is 333 cm³/mol. The molecule has 82 heavy (non-hydrogen) atoms. The normalized spacial score (nSPS) is 12.1. The van der Waals surface area contributed by atoms with Gasteiger partial charge in [-0.2, -0.15) is 0 Å². The van der Waals surface area contributed by atoms with E-state index in [9.17, 15) is 59.4 Å². The first kappa shape index (κ1) is 67.4. The van der Waals surface area contributed by atoms with E-state index < -0.39 is 41.6 Å². The van der Waals surface area contributed by atoms with Gasteiger partial charge in [0, 0.05) is 44.6 Å². The van der Waals surface area contributed by atoms with Crippen molar-refractivity contribution < 1.29 is 78.4 Å². The first-order valence-corrected chi connectivity index (χ1v) is 29.6. The molecule has 23 nitrogen and oxygen atoms in total. The molecule has 5 aromatic carbocycles. The van der Waals surface area contributed by atoms with Crippen molar-refractivity contribution in [2.75, 3.05) is 79.0 Å². The van der Waals surface area contributed by atoms with Crippen LogP contribution in [0.1, 0.15) is 29.5 Å². The number of aromatic hydroxyl groups is 2. The second kappa shape index (κ2) is 34.4. The van der Waals surface area contributed by atoms with E-state index in [-0.39, 0.29) is 116 Å². The molecule has 27 heteroatoms. The molecule has 5 aromatic rings. The Labute approximate surface area is 527 Å². The quantitative estimate of drug-likeness (QED) is 0.0284. The molecule has 0 aromatic heterocycles. The van der Waals surface area contributed by atoms with Crippen molar-refractivity contribution in [3.05, 3.63) is 122 Å². The summed E-state index contributed by atoms with van der Waals surface area (Å²) < 4.78 is 26.1. The standard InChI is InChI=1S/C31H34I2N4O9.C24H29I2N3O7/c32-24-10-20(11-25(33)31(24)46-23-4-2-22(40)3-5-23)9-21(17-39)35-13-29(42)36(7-8-38)16-30(43)37(15-28(34)41)14-19-1-6-26-27(12-19)45-18-44-26;25-20-10-15(11-21(26)24(20)36-19-4-1-17(32)2-5-19)9-16(14-31)28-12-23(35)29(7-8-30)13-18(33)3-6-22(27)34/h1-6,10-12,21,35,38-40H,7-9,13-18H2,(H2,34,41);1-2,4-5,10-11,16,28,30-32H,3,6-9,12-14H2,(H2,27,34)/t21-;16-/m00/s1. The fourth-order valence-electron chi connectivity index (χ4n) is 7.90. The molecule has 12 N–H and O–H groups in total. The highest BCUT2D eigenvalue weighted by molar-refractivity contribution is 14.1. The number of ketones is 1. The number of carbonyl (C=O) groups excluding carboxylic acids is 6. The molecule has 0 spiro atoms. The van der Waals surface area contributed by atoms with Crippen molar-refractivity contribution in [2.24, 2.45) is 11.5 Å². The van der Waals surface area contributed by atoms with Crippen molar-refractivity contribution in [3.63, 3.8) is 0 Å². The van der Waals surface area contributed by atoms with Crippen molar-refractivity contribution in [3.8, 4) is 46.0 Å². The number of fused-ring (bicyclic) bond motifs is 1. The topological polar surface area (TPSA) is 347 Å². The Bertz CT molecular complexity index is 2930. The van der Waals surface area contributed by atoms with E-state index in [4.69, 9.17) is 30.4 Å². The maximum Gasteiger partial charge on any atom is 0.242 e. The lowest BCUT2D eigenvalue weighted by molar-refractivity contribution is -0.142.